The van der Waals surface area contributed by atoms with E-state index in [0.717, 1.165) is 28.1 Å². The molecular weight excluding hydrogens is 621 g/mol. The molecule has 1 spiro atoms. The van der Waals surface area contributed by atoms with Gasteiger partial charge in [-0.15, -0.1) is 0 Å². The summed E-state index contributed by atoms with van der Waals surface area (Å²) in [6.45, 7) is 0. The molecule has 2 aromatic heterocycles. The lowest BCUT2D eigenvalue weighted by Gasteiger charge is -2.35. The Morgan fingerprint density at radius 2 is 0.882 bits per heavy atom. The first-order valence-corrected chi connectivity index (χ1v) is 17.1. The predicted molar refractivity (Wildman–Crippen MR) is 203 cm³/mol. The number of hydrogen-bond acceptors (Lipinski definition) is 4. The number of fused-ring (bicyclic) bond motifs is 12. The molecule has 2 heterocycles. The number of benzene rings is 6. The quantitative estimate of drug-likeness (QED) is 0.191. The molecule has 0 radical (unpaired) electrons. The van der Waals surface area contributed by atoms with E-state index < -0.39 is 5.41 Å². The molecule has 0 unspecified atom stereocenters. The van der Waals surface area contributed by atoms with Gasteiger partial charge in [-0.05, 0) is 104 Å². The number of pyridine rings is 1. The van der Waals surface area contributed by atoms with E-state index in [2.05, 4.69) is 132 Å². The van der Waals surface area contributed by atoms with Crippen LogP contribution in [-0.2, 0) is 5.41 Å². The molecule has 6 aromatic carbocycles. The van der Waals surface area contributed by atoms with Crippen LogP contribution in [0, 0.1) is 11.3 Å². The molecule has 0 saturated heterocycles. The standard InChI is InChI=1S/C47H28N4/c48-29-30-17-19-32(20-18-30)46-50-44(31-23-25-49-26-24-31)28-45(51-46)33-21-22-43-39(27-33)35-10-2-1-9-34(35)36-11-3-6-14-40(36)47(43)41-15-7-4-12-37(41)38-13-5-8-16-42(38)47/h1-28H. The van der Waals surface area contributed by atoms with Gasteiger partial charge in [0.1, 0.15) is 0 Å². The number of nitriles is 1. The zero-order valence-electron chi connectivity index (χ0n) is 27.5. The van der Waals surface area contributed by atoms with Crippen molar-refractivity contribution in [1.29, 1.82) is 5.26 Å². The van der Waals surface area contributed by atoms with Gasteiger partial charge in [-0.1, -0.05) is 109 Å². The third-order valence-electron chi connectivity index (χ3n) is 10.5. The van der Waals surface area contributed by atoms with Crippen LogP contribution in [0.5, 0.6) is 0 Å². The molecule has 236 valence electrons. The van der Waals surface area contributed by atoms with Gasteiger partial charge in [0.2, 0.25) is 0 Å². The second-order valence-electron chi connectivity index (χ2n) is 13.1. The van der Waals surface area contributed by atoms with Gasteiger partial charge < -0.3 is 0 Å². The minimum absolute atomic E-state index is 0.530. The van der Waals surface area contributed by atoms with E-state index in [0.29, 0.717) is 11.4 Å². The highest BCUT2D eigenvalue weighted by atomic mass is 14.9. The van der Waals surface area contributed by atoms with Crippen molar-refractivity contribution >= 4 is 0 Å². The summed E-state index contributed by atoms with van der Waals surface area (Å²) in [6.07, 6.45) is 3.57. The Bertz CT molecular complexity index is 2660. The van der Waals surface area contributed by atoms with Crippen LogP contribution in [0.15, 0.2) is 170 Å². The first-order valence-electron chi connectivity index (χ1n) is 17.1. The minimum atomic E-state index is -0.530. The predicted octanol–water partition coefficient (Wildman–Crippen LogP) is 10.8. The van der Waals surface area contributed by atoms with Gasteiger partial charge in [-0.3, -0.25) is 4.98 Å². The van der Waals surface area contributed by atoms with E-state index in [1.54, 1.807) is 12.4 Å². The Balaban J connectivity index is 1.28. The normalized spacial score (nSPS) is 12.8. The molecule has 2 aliphatic rings. The second kappa shape index (κ2) is 11.3. The summed E-state index contributed by atoms with van der Waals surface area (Å²) in [5.41, 5.74) is 17.0. The van der Waals surface area contributed by atoms with E-state index in [1.165, 1.54) is 55.6 Å². The van der Waals surface area contributed by atoms with Crippen molar-refractivity contribution in [3.63, 3.8) is 0 Å². The van der Waals surface area contributed by atoms with Gasteiger partial charge in [0, 0.05) is 29.1 Å². The summed E-state index contributed by atoms with van der Waals surface area (Å²) in [4.78, 5) is 14.4. The van der Waals surface area contributed by atoms with Crippen molar-refractivity contribution < 1.29 is 0 Å². The van der Waals surface area contributed by atoms with Crippen LogP contribution in [-0.4, -0.2) is 15.0 Å². The number of rotatable bonds is 3. The molecule has 0 amide bonds. The molecule has 0 N–H and O–H groups in total. The Kier molecular flexibility index (Phi) is 6.43. The maximum absolute atomic E-state index is 9.43. The number of aromatic nitrogens is 3. The van der Waals surface area contributed by atoms with Crippen molar-refractivity contribution in [3.8, 4) is 73.4 Å². The maximum Gasteiger partial charge on any atom is 0.160 e. The monoisotopic (exact) mass is 648 g/mol. The number of hydrogen-bond donors (Lipinski definition) is 0. The van der Waals surface area contributed by atoms with Crippen molar-refractivity contribution in [2.45, 2.75) is 5.41 Å². The summed E-state index contributed by atoms with van der Waals surface area (Å²) in [6, 6.07) is 58.1. The Labute approximate surface area is 296 Å². The largest absolute Gasteiger partial charge is 0.265 e. The van der Waals surface area contributed by atoms with Gasteiger partial charge in [0.15, 0.2) is 5.82 Å². The molecule has 10 rings (SSSR count). The molecule has 0 fully saturated rings. The summed E-state index contributed by atoms with van der Waals surface area (Å²) in [5, 5.41) is 9.43. The van der Waals surface area contributed by atoms with Gasteiger partial charge in [0.25, 0.3) is 0 Å². The minimum Gasteiger partial charge on any atom is -0.265 e. The Morgan fingerprint density at radius 1 is 0.412 bits per heavy atom. The maximum atomic E-state index is 9.43. The SMILES string of the molecule is N#Cc1ccc(-c2nc(-c3ccncc3)cc(-c3ccc4c(c3)-c3ccccc3-c3ccccc3C43c4ccccc4-c4ccccc43)n2)cc1. The summed E-state index contributed by atoms with van der Waals surface area (Å²) < 4.78 is 0. The third kappa shape index (κ3) is 4.29. The van der Waals surface area contributed by atoms with Crippen molar-refractivity contribution in [2.24, 2.45) is 0 Å². The van der Waals surface area contributed by atoms with Gasteiger partial charge >= 0.3 is 0 Å². The molecule has 0 aliphatic heterocycles. The summed E-state index contributed by atoms with van der Waals surface area (Å²) in [5.74, 6) is 0.599. The van der Waals surface area contributed by atoms with Gasteiger partial charge in [-0.25, -0.2) is 9.97 Å². The van der Waals surface area contributed by atoms with Crippen molar-refractivity contribution in [3.05, 3.63) is 198 Å². The van der Waals surface area contributed by atoms with E-state index in [-0.39, 0.29) is 0 Å². The molecule has 2 aliphatic carbocycles. The molecule has 4 heteroatoms. The van der Waals surface area contributed by atoms with Crippen LogP contribution >= 0.6 is 0 Å². The van der Waals surface area contributed by atoms with Gasteiger partial charge in [0.05, 0.1) is 28.4 Å². The van der Waals surface area contributed by atoms with Crippen LogP contribution in [0.3, 0.4) is 0 Å². The van der Waals surface area contributed by atoms with Crippen molar-refractivity contribution in [2.75, 3.05) is 0 Å². The van der Waals surface area contributed by atoms with E-state index in [4.69, 9.17) is 9.97 Å². The van der Waals surface area contributed by atoms with E-state index in [9.17, 15) is 5.26 Å². The molecule has 0 bridgehead atoms. The lowest BCUT2D eigenvalue weighted by Crippen LogP contribution is -2.29. The molecule has 4 nitrogen and oxygen atoms in total. The highest BCUT2D eigenvalue weighted by molar-refractivity contribution is 5.98. The number of nitrogens with zero attached hydrogens (tertiary/aromatic N) is 4. The first-order chi connectivity index (χ1) is 25.2. The Morgan fingerprint density at radius 3 is 1.47 bits per heavy atom. The summed E-state index contributed by atoms with van der Waals surface area (Å²) in [7, 11) is 0. The fourth-order valence-corrected chi connectivity index (χ4v) is 8.30. The Hall–Kier alpha value is -6.96. The van der Waals surface area contributed by atoms with Crippen LogP contribution in [0.25, 0.3) is 67.3 Å². The third-order valence-corrected chi connectivity index (χ3v) is 10.5. The van der Waals surface area contributed by atoms with Crippen LogP contribution < -0.4 is 0 Å². The first kappa shape index (κ1) is 29.0. The lowest BCUT2D eigenvalue weighted by molar-refractivity contribution is 0.775. The van der Waals surface area contributed by atoms with Crippen LogP contribution in [0.2, 0.25) is 0 Å². The fourth-order valence-electron chi connectivity index (χ4n) is 8.30. The topological polar surface area (TPSA) is 62.5 Å². The fraction of sp³-hybridized carbons (Fsp3) is 0.0213. The molecule has 51 heavy (non-hydrogen) atoms. The van der Waals surface area contributed by atoms with E-state index >= 15 is 0 Å². The van der Waals surface area contributed by atoms with Crippen LogP contribution in [0.1, 0.15) is 27.8 Å². The van der Waals surface area contributed by atoms with Gasteiger partial charge in [-0.2, -0.15) is 5.26 Å². The average molecular weight is 649 g/mol. The van der Waals surface area contributed by atoms with Crippen molar-refractivity contribution in [1.82, 2.24) is 15.0 Å². The highest BCUT2D eigenvalue weighted by Crippen LogP contribution is 2.61. The molecular formula is C47H28N4. The summed E-state index contributed by atoms with van der Waals surface area (Å²) >= 11 is 0. The molecule has 0 saturated carbocycles. The lowest BCUT2D eigenvalue weighted by atomic mass is 9.66. The van der Waals surface area contributed by atoms with Crippen LogP contribution in [0.4, 0.5) is 0 Å². The highest BCUT2D eigenvalue weighted by Gasteiger charge is 2.49. The molecule has 8 aromatic rings. The van der Waals surface area contributed by atoms with E-state index in [1.807, 2.05) is 36.4 Å². The molecule has 0 atom stereocenters. The smallest absolute Gasteiger partial charge is 0.160 e. The zero-order valence-corrected chi connectivity index (χ0v) is 27.5. The zero-order chi connectivity index (χ0) is 33.9. The second-order valence-corrected chi connectivity index (χ2v) is 13.1. The average Bonchev–Trinajstić information content (AvgIpc) is 3.46.